The average Bonchev–Trinajstić information content (AvgIpc) is 1.91. The third kappa shape index (κ3) is 2.02. The highest BCUT2D eigenvalue weighted by Gasteiger charge is 1.86. The van der Waals surface area contributed by atoms with Gasteiger partial charge in [-0.25, -0.2) is 0 Å². The summed E-state index contributed by atoms with van der Waals surface area (Å²) in [7, 11) is 0.987. The van der Waals surface area contributed by atoms with Crippen LogP contribution in [-0.4, -0.2) is 9.52 Å². The zero-order chi connectivity index (χ0) is 6.53. The van der Waals surface area contributed by atoms with Crippen molar-refractivity contribution in [2.75, 3.05) is 0 Å². The zero-order valence-electron chi connectivity index (χ0n) is 5.59. The Morgan fingerprint density at radius 2 is 1.89 bits per heavy atom. The van der Waals surface area contributed by atoms with E-state index in [0.29, 0.717) is 0 Å². The summed E-state index contributed by atoms with van der Waals surface area (Å²) in [6.45, 7) is 2.21. The number of benzene rings is 1. The molecule has 0 aliphatic heterocycles. The summed E-state index contributed by atoms with van der Waals surface area (Å²) in [4.78, 5) is 0. The molecule has 0 heterocycles. The molecule has 1 rings (SSSR count). The standard InChI is InChI=1S/C8H10Si/c1-2-9-8-6-4-3-5-7-8/h3-7H,2H2,1H3. The van der Waals surface area contributed by atoms with Crippen LogP contribution in [0.2, 0.25) is 6.04 Å². The summed E-state index contributed by atoms with van der Waals surface area (Å²) in [6, 6.07) is 11.9. The maximum absolute atomic E-state index is 2.21. The van der Waals surface area contributed by atoms with Crippen LogP contribution in [0, 0.1) is 0 Å². The normalized spacial score (nSPS) is 9.44. The Labute approximate surface area is 58.7 Å². The first-order chi connectivity index (χ1) is 4.43. The molecule has 0 nitrogen and oxygen atoms in total. The lowest BCUT2D eigenvalue weighted by molar-refractivity contribution is 1.46. The van der Waals surface area contributed by atoms with Gasteiger partial charge in [0.15, 0.2) is 0 Å². The fraction of sp³-hybridized carbons (Fsp3) is 0.250. The van der Waals surface area contributed by atoms with E-state index in [4.69, 9.17) is 0 Å². The second-order valence-electron chi connectivity index (χ2n) is 1.90. The lowest BCUT2D eigenvalue weighted by atomic mass is 10.4. The highest BCUT2D eigenvalue weighted by atomic mass is 28.2. The third-order valence-electron chi connectivity index (χ3n) is 1.15. The van der Waals surface area contributed by atoms with Crippen LogP contribution in [-0.2, 0) is 0 Å². The van der Waals surface area contributed by atoms with Gasteiger partial charge < -0.3 is 0 Å². The number of rotatable bonds is 2. The van der Waals surface area contributed by atoms with E-state index in [1.54, 1.807) is 0 Å². The van der Waals surface area contributed by atoms with Gasteiger partial charge in [0.05, 0.1) is 9.52 Å². The van der Waals surface area contributed by atoms with Gasteiger partial charge in [-0.3, -0.25) is 0 Å². The van der Waals surface area contributed by atoms with Crippen molar-refractivity contribution in [1.82, 2.24) is 0 Å². The zero-order valence-corrected chi connectivity index (χ0v) is 6.59. The maximum atomic E-state index is 2.21. The average molecular weight is 134 g/mol. The highest BCUT2D eigenvalue weighted by molar-refractivity contribution is 6.53. The summed E-state index contributed by atoms with van der Waals surface area (Å²) in [5.74, 6) is 0. The number of hydrogen-bond donors (Lipinski definition) is 0. The minimum Gasteiger partial charge on any atom is -0.0679 e. The predicted molar refractivity (Wildman–Crippen MR) is 42.3 cm³/mol. The van der Waals surface area contributed by atoms with Crippen LogP contribution in [0.25, 0.3) is 0 Å². The molecule has 9 heavy (non-hydrogen) atoms. The minimum absolute atomic E-state index is 0.987. The Hall–Kier alpha value is -0.563. The van der Waals surface area contributed by atoms with E-state index in [2.05, 4.69) is 37.3 Å². The lowest BCUT2D eigenvalue weighted by Crippen LogP contribution is -2.10. The van der Waals surface area contributed by atoms with E-state index < -0.39 is 0 Å². The monoisotopic (exact) mass is 134 g/mol. The molecule has 0 amide bonds. The molecule has 1 aromatic carbocycles. The minimum atomic E-state index is 0.987. The smallest absolute Gasteiger partial charge is 0.0679 e. The van der Waals surface area contributed by atoms with Crippen LogP contribution >= 0.6 is 0 Å². The molecule has 1 heteroatoms. The van der Waals surface area contributed by atoms with Crippen LogP contribution in [0.15, 0.2) is 30.3 Å². The van der Waals surface area contributed by atoms with Crippen LogP contribution in [0.5, 0.6) is 0 Å². The summed E-state index contributed by atoms with van der Waals surface area (Å²) < 4.78 is 0. The van der Waals surface area contributed by atoms with Crippen molar-refractivity contribution in [3.05, 3.63) is 30.3 Å². The summed E-state index contributed by atoms with van der Waals surface area (Å²) in [6.07, 6.45) is 0. The quantitative estimate of drug-likeness (QED) is 0.537. The Balaban J connectivity index is 2.61. The van der Waals surface area contributed by atoms with Crippen molar-refractivity contribution >= 4 is 14.7 Å². The van der Waals surface area contributed by atoms with Crippen molar-refractivity contribution in [3.8, 4) is 0 Å². The maximum Gasteiger partial charge on any atom is 0.0805 e. The molecule has 0 spiro atoms. The first kappa shape index (κ1) is 6.56. The Bertz CT molecular complexity index is 157. The molecule has 2 radical (unpaired) electrons. The first-order valence-electron chi connectivity index (χ1n) is 3.22. The van der Waals surface area contributed by atoms with Gasteiger partial charge in [-0.05, 0) is 0 Å². The first-order valence-corrected chi connectivity index (χ1v) is 4.43. The Morgan fingerprint density at radius 3 is 2.44 bits per heavy atom. The van der Waals surface area contributed by atoms with E-state index in [0.717, 1.165) is 9.52 Å². The van der Waals surface area contributed by atoms with E-state index in [1.807, 2.05) is 0 Å². The van der Waals surface area contributed by atoms with E-state index in [1.165, 1.54) is 11.2 Å². The summed E-state index contributed by atoms with van der Waals surface area (Å²) >= 11 is 0. The van der Waals surface area contributed by atoms with Crippen molar-refractivity contribution in [1.29, 1.82) is 0 Å². The number of hydrogen-bond acceptors (Lipinski definition) is 0. The molecule has 46 valence electrons. The molecular formula is C8H10Si. The van der Waals surface area contributed by atoms with Gasteiger partial charge in [-0.15, -0.1) is 0 Å². The molecule has 0 N–H and O–H groups in total. The molecule has 0 unspecified atom stereocenters. The van der Waals surface area contributed by atoms with Crippen LogP contribution in [0.4, 0.5) is 0 Å². The van der Waals surface area contributed by atoms with Crippen molar-refractivity contribution in [2.24, 2.45) is 0 Å². The van der Waals surface area contributed by atoms with Crippen molar-refractivity contribution < 1.29 is 0 Å². The van der Waals surface area contributed by atoms with Crippen LogP contribution in [0.1, 0.15) is 6.92 Å². The molecule has 0 fully saturated rings. The van der Waals surface area contributed by atoms with E-state index >= 15 is 0 Å². The van der Waals surface area contributed by atoms with E-state index in [9.17, 15) is 0 Å². The van der Waals surface area contributed by atoms with Crippen LogP contribution < -0.4 is 5.19 Å². The van der Waals surface area contributed by atoms with Gasteiger partial charge in [0.25, 0.3) is 0 Å². The lowest BCUT2D eigenvalue weighted by Gasteiger charge is -1.92. The van der Waals surface area contributed by atoms with Crippen molar-refractivity contribution in [2.45, 2.75) is 13.0 Å². The summed E-state index contributed by atoms with van der Waals surface area (Å²) in [5.41, 5.74) is 0. The second-order valence-corrected chi connectivity index (χ2v) is 3.53. The largest absolute Gasteiger partial charge is 0.0805 e. The summed E-state index contributed by atoms with van der Waals surface area (Å²) in [5, 5.41) is 1.47. The molecule has 0 aromatic heterocycles. The molecule has 0 saturated heterocycles. The molecule has 0 atom stereocenters. The second kappa shape index (κ2) is 3.46. The molecule has 0 aliphatic rings. The van der Waals surface area contributed by atoms with Crippen molar-refractivity contribution in [3.63, 3.8) is 0 Å². The molecule has 0 bridgehead atoms. The molecule has 0 saturated carbocycles. The fourth-order valence-electron chi connectivity index (χ4n) is 0.760. The van der Waals surface area contributed by atoms with E-state index in [-0.39, 0.29) is 0 Å². The Morgan fingerprint density at radius 1 is 1.22 bits per heavy atom. The van der Waals surface area contributed by atoms with Gasteiger partial charge in [0.1, 0.15) is 0 Å². The van der Waals surface area contributed by atoms with Gasteiger partial charge in [0.2, 0.25) is 0 Å². The topological polar surface area (TPSA) is 0 Å². The molecular weight excluding hydrogens is 124 g/mol. The Kier molecular flexibility index (Phi) is 2.52. The van der Waals surface area contributed by atoms with Gasteiger partial charge in [-0.1, -0.05) is 48.5 Å². The fourth-order valence-corrected chi connectivity index (χ4v) is 1.60. The third-order valence-corrected chi connectivity index (χ3v) is 2.25. The highest BCUT2D eigenvalue weighted by Crippen LogP contribution is 1.82. The van der Waals surface area contributed by atoms with Crippen LogP contribution in [0.3, 0.4) is 0 Å². The molecule has 1 aromatic rings. The SMILES string of the molecule is CC[Si]c1ccccc1. The van der Waals surface area contributed by atoms with Gasteiger partial charge >= 0.3 is 0 Å². The molecule has 0 aliphatic carbocycles. The van der Waals surface area contributed by atoms with Gasteiger partial charge in [-0.2, -0.15) is 0 Å². The predicted octanol–water partition coefficient (Wildman–Crippen LogP) is 1.45. The van der Waals surface area contributed by atoms with Gasteiger partial charge in [0, 0.05) is 0 Å².